The van der Waals surface area contributed by atoms with E-state index in [4.69, 9.17) is 0 Å². The van der Waals surface area contributed by atoms with Crippen LogP contribution in [0.15, 0.2) is 29.2 Å². The Bertz CT molecular complexity index is 571. The minimum atomic E-state index is -3.40. The first-order chi connectivity index (χ1) is 10.6. The summed E-state index contributed by atoms with van der Waals surface area (Å²) in [7, 11) is -3.40. The molecule has 1 aliphatic heterocycles. The Morgan fingerprint density at radius 2 is 1.68 bits per heavy atom. The van der Waals surface area contributed by atoms with Crippen LogP contribution < -0.4 is 10.0 Å². The third-order valence-electron chi connectivity index (χ3n) is 4.89. The van der Waals surface area contributed by atoms with Crippen molar-refractivity contribution in [3.63, 3.8) is 0 Å². The molecule has 1 atom stereocenters. The molecule has 0 unspecified atom stereocenters. The first-order valence-electron chi connectivity index (χ1n) is 8.48. The maximum Gasteiger partial charge on any atom is 0.240 e. The summed E-state index contributed by atoms with van der Waals surface area (Å²) in [5, 5.41) is 3.23. The predicted octanol–water partition coefficient (Wildman–Crippen LogP) is 2.76. The summed E-state index contributed by atoms with van der Waals surface area (Å²) in [6, 6.07) is 7.55. The molecule has 0 amide bonds. The fourth-order valence-electron chi connectivity index (χ4n) is 3.59. The molecule has 1 heterocycles. The number of nitrogens with one attached hydrogen (secondary N) is 2. The van der Waals surface area contributed by atoms with Crippen LogP contribution in [0.25, 0.3) is 0 Å². The van der Waals surface area contributed by atoms with E-state index in [0.717, 1.165) is 25.9 Å². The van der Waals surface area contributed by atoms with E-state index in [1.54, 1.807) is 12.1 Å². The lowest BCUT2D eigenvalue weighted by atomic mass is 9.84. The largest absolute Gasteiger partial charge is 0.315 e. The number of hydrogen-bond donors (Lipinski definition) is 2. The first kappa shape index (κ1) is 16.0. The Morgan fingerprint density at radius 1 is 0.955 bits per heavy atom. The molecule has 2 fully saturated rings. The second-order valence-corrected chi connectivity index (χ2v) is 8.28. The van der Waals surface area contributed by atoms with Gasteiger partial charge in [-0.1, -0.05) is 31.4 Å². The lowest BCUT2D eigenvalue weighted by molar-refractivity contribution is 0.428. The van der Waals surface area contributed by atoms with Crippen LogP contribution in [0.5, 0.6) is 0 Å². The van der Waals surface area contributed by atoms with Crippen molar-refractivity contribution in [1.82, 2.24) is 10.0 Å². The SMILES string of the molecule is O=S(=O)(N[C@@H]1CCCNC1)c1ccc(C2CCCCC2)cc1. The zero-order chi connectivity index (χ0) is 15.4. The molecule has 2 aliphatic rings. The van der Waals surface area contributed by atoms with Gasteiger partial charge in [-0.15, -0.1) is 0 Å². The van der Waals surface area contributed by atoms with Crippen molar-refractivity contribution in [3.05, 3.63) is 29.8 Å². The van der Waals surface area contributed by atoms with E-state index in [0.29, 0.717) is 10.8 Å². The molecule has 1 saturated carbocycles. The molecule has 0 aromatic heterocycles. The van der Waals surface area contributed by atoms with Crippen molar-refractivity contribution >= 4 is 10.0 Å². The number of rotatable bonds is 4. The highest BCUT2D eigenvalue weighted by atomic mass is 32.2. The van der Waals surface area contributed by atoms with E-state index < -0.39 is 10.0 Å². The summed E-state index contributed by atoms with van der Waals surface area (Å²) < 4.78 is 27.7. The number of sulfonamides is 1. The Hall–Kier alpha value is -0.910. The Balaban J connectivity index is 1.68. The zero-order valence-electron chi connectivity index (χ0n) is 13.1. The fraction of sp³-hybridized carbons (Fsp3) is 0.647. The minimum absolute atomic E-state index is 0.0109. The number of piperidine rings is 1. The van der Waals surface area contributed by atoms with E-state index in [2.05, 4.69) is 10.0 Å². The van der Waals surface area contributed by atoms with Crippen molar-refractivity contribution in [2.75, 3.05) is 13.1 Å². The van der Waals surface area contributed by atoms with Crippen LogP contribution in [0, 0.1) is 0 Å². The van der Waals surface area contributed by atoms with Crippen LogP contribution >= 0.6 is 0 Å². The Labute approximate surface area is 133 Å². The quantitative estimate of drug-likeness (QED) is 0.896. The second-order valence-electron chi connectivity index (χ2n) is 6.57. The molecular formula is C17H26N2O2S. The lowest BCUT2D eigenvalue weighted by Crippen LogP contribution is -2.45. The van der Waals surface area contributed by atoms with Gasteiger partial charge in [0.1, 0.15) is 0 Å². The maximum atomic E-state index is 12.4. The summed E-state index contributed by atoms with van der Waals surface area (Å²) in [5.41, 5.74) is 1.29. The third-order valence-corrected chi connectivity index (χ3v) is 6.42. The normalized spacial score (nSPS) is 24.3. The molecule has 22 heavy (non-hydrogen) atoms. The van der Waals surface area contributed by atoms with Crippen molar-refractivity contribution in [2.24, 2.45) is 0 Å². The van der Waals surface area contributed by atoms with Gasteiger partial charge in [-0.2, -0.15) is 0 Å². The van der Waals surface area contributed by atoms with Gasteiger partial charge < -0.3 is 5.32 Å². The van der Waals surface area contributed by atoms with Crippen LogP contribution in [0.4, 0.5) is 0 Å². The highest BCUT2D eigenvalue weighted by molar-refractivity contribution is 7.89. The van der Waals surface area contributed by atoms with Crippen molar-refractivity contribution < 1.29 is 8.42 Å². The van der Waals surface area contributed by atoms with Gasteiger partial charge in [0.25, 0.3) is 0 Å². The van der Waals surface area contributed by atoms with Gasteiger partial charge in [0, 0.05) is 12.6 Å². The van der Waals surface area contributed by atoms with E-state index in [1.165, 1.54) is 37.7 Å². The molecule has 0 bridgehead atoms. The summed E-state index contributed by atoms with van der Waals surface area (Å²) >= 11 is 0. The Kier molecular flexibility index (Phi) is 5.16. The highest BCUT2D eigenvalue weighted by Crippen LogP contribution is 2.32. The van der Waals surface area contributed by atoms with Gasteiger partial charge in [-0.3, -0.25) is 0 Å². The van der Waals surface area contributed by atoms with Crippen molar-refractivity contribution in [1.29, 1.82) is 0 Å². The smallest absolute Gasteiger partial charge is 0.240 e. The van der Waals surface area contributed by atoms with E-state index >= 15 is 0 Å². The zero-order valence-corrected chi connectivity index (χ0v) is 13.9. The predicted molar refractivity (Wildman–Crippen MR) is 88.5 cm³/mol. The molecule has 1 aromatic rings. The average Bonchev–Trinajstić information content (AvgIpc) is 2.56. The van der Waals surface area contributed by atoms with Crippen LogP contribution in [0.3, 0.4) is 0 Å². The van der Waals surface area contributed by atoms with Gasteiger partial charge in [-0.05, 0) is 55.8 Å². The average molecular weight is 322 g/mol. The molecule has 0 spiro atoms. The second kappa shape index (κ2) is 7.11. The minimum Gasteiger partial charge on any atom is -0.315 e. The molecule has 122 valence electrons. The molecular weight excluding hydrogens is 296 g/mol. The topological polar surface area (TPSA) is 58.2 Å². The van der Waals surface area contributed by atoms with Gasteiger partial charge in [0.15, 0.2) is 0 Å². The molecule has 4 nitrogen and oxygen atoms in total. The van der Waals surface area contributed by atoms with Crippen LogP contribution in [-0.2, 0) is 10.0 Å². The van der Waals surface area contributed by atoms with Gasteiger partial charge in [-0.25, -0.2) is 13.1 Å². The maximum absolute atomic E-state index is 12.4. The fourth-order valence-corrected chi connectivity index (χ4v) is 4.87. The van der Waals surface area contributed by atoms with Crippen molar-refractivity contribution in [2.45, 2.75) is 61.8 Å². The van der Waals surface area contributed by atoms with Gasteiger partial charge in [0.05, 0.1) is 4.90 Å². The summed E-state index contributed by atoms with van der Waals surface area (Å²) in [6.45, 7) is 1.70. The monoisotopic (exact) mass is 322 g/mol. The van der Waals surface area contributed by atoms with Crippen LogP contribution in [-0.4, -0.2) is 27.5 Å². The van der Waals surface area contributed by atoms with E-state index in [-0.39, 0.29) is 6.04 Å². The van der Waals surface area contributed by atoms with Gasteiger partial charge >= 0.3 is 0 Å². The molecule has 1 aromatic carbocycles. The van der Waals surface area contributed by atoms with E-state index in [1.807, 2.05) is 12.1 Å². The molecule has 0 radical (unpaired) electrons. The standard InChI is InChI=1S/C17H26N2O2S/c20-22(21,19-16-7-4-12-18-13-16)17-10-8-15(9-11-17)14-5-2-1-3-6-14/h8-11,14,16,18-19H,1-7,12-13H2/t16-/m1/s1. The molecule has 5 heteroatoms. The molecule has 2 N–H and O–H groups in total. The molecule has 1 saturated heterocycles. The highest BCUT2D eigenvalue weighted by Gasteiger charge is 2.22. The number of hydrogen-bond acceptors (Lipinski definition) is 3. The van der Waals surface area contributed by atoms with Crippen LogP contribution in [0.2, 0.25) is 0 Å². The molecule has 3 rings (SSSR count). The summed E-state index contributed by atoms with van der Waals surface area (Å²) in [4.78, 5) is 0.387. The number of benzene rings is 1. The Morgan fingerprint density at radius 3 is 2.32 bits per heavy atom. The van der Waals surface area contributed by atoms with Crippen molar-refractivity contribution in [3.8, 4) is 0 Å². The first-order valence-corrected chi connectivity index (χ1v) is 9.96. The summed E-state index contributed by atoms with van der Waals surface area (Å²) in [6.07, 6.45) is 8.32. The van der Waals surface area contributed by atoms with Crippen LogP contribution in [0.1, 0.15) is 56.4 Å². The van der Waals surface area contributed by atoms with Gasteiger partial charge in [0.2, 0.25) is 10.0 Å². The van der Waals surface area contributed by atoms with E-state index in [9.17, 15) is 8.42 Å². The third kappa shape index (κ3) is 3.89. The molecule has 1 aliphatic carbocycles. The summed E-state index contributed by atoms with van der Waals surface area (Å²) in [5.74, 6) is 0.612. The lowest BCUT2D eigenvalue weighted by Gasteiger charge is -2.24.